The highest BCUT2D eigenvalue weighted by Crippen LogP contribution is 2.17. The summed E-state index contributed by atoms with van der Waals surface area (Å²) in [5.74, 6) is 0.997. The number of nitriles is 1. The highest BCUT2D eigenvalue weighted by Gasteiger charge is 2.09. The Morgan fingerprint density at radius 2 is 1.81 bits per heavy atom. The topological polar surface area (TPSA) is 113 Å². The number of nitrogens with zero attached hydrogens (tertiary/aromatic N) is 4. The highest BCUT2D eigenvalue weighted by atomic mass is 15.2. The van der Waals surface area contributed by atoms with Crippen LogP contribution in [0.5, 0.6) is 0 Å². The van der Waals surface area contributed by atoms with Crippen molar-refractivity contribution < 1.29 is 0 Å². The standard InChI is InChI=1S/C20H21N7/c1-14(17-8-3-2-4-9-17)24-20-26-18(22)25-19(27-20)23-11-10-15-6-5-7-16(12-15)13-21/h2-9,12,14H,10-11H2,1H3,(H4,22,23,24,25,26,27)/t14-/m0/s1. The van der Waals surface area contributed by atoms with Gasteiger partial charge >= 0.3 is 0 Å². The smallest absolute Gasteiger partial charge is 0.229 e. The largest absolute Gasteiger partial charge is 0.368 e. The lowest BCUT2D eigenvalue weighted by Crippen LogP contribution is -2.14. The van der Waals surface area contributed by atoms with E-state index in [1.807, 2.05) is 55.5 Å². The molecular formula is C20H21N7. The van der Waals surface area contributed by atoms with Gasteiger partial charge in [0.05, 0.1) is 17.7 Å². The molecule has 7 nitrogen and oxygen atoms in total. The molecule has 0 amide bonds. The predicted octanol–water partition coefficient (Wildman–Crippen LogP) is 3.15. The van der Waals surface area contributed by atoms with Crippen LogP contribution in [0, 0.1) is 11.3 Å². The van der Waals surface area contributed by atoms with Crippen LogP contribution in [0.25, 0.3) is 0 Å². The van der Waals surface area contributed by atoms with Gasteiger partial charge in [0.25, 0.3) is 0 Å². The molecule has 2 aromatic carbocycles. The van der Waals surface area contributed by atoms with Crippen LogP contribution in [-0.2, 0) is 6.42 Å². The van der Waals surface area contributed by atoms with Crippen molar-refractivity contribution in [3.63, 3.8) is 0 Å². The van der Waals surface area contributed by atoms with Gasteiger partial charge in [-0.15, -0.1) is 0 Å². The molecule has 0 aliphatic carbocycles. The van der Waals surface area contributed by atoms with Crippen LogP contribution in [0.1, 0.15) is 29.7 Å². The van der Waals surface area contributed by atoms with Gasteiger partial charge in [-0.25, -0.2) is 0 Å². The Morgan fingerprint density at radius 1 is 1.04 bits per heavy atom. The zero-order valence-electron chi connectivity index (χ0n) is 15.1. The summed E-state index contributed by atoms with van der Waals surface area (Å²) in [6, 6.07) is 19.7. The minimum atomic E-state index is 0.0366. The lowest BCUT2D eigenvalue weighted by molar-refractivity contribution is 0.854. The predicted molar refractivity (Wildman–Crippen MR) is 106 cm³/mol. The van der Waals surface area contributed by atoms with Crippen molar-refractivity contribution >= 4 is 17.8 Å². The first kappa shape index (κ1) is 18.1. The van der Waals surface area contributed by atoms with Crippen molar-refractivity contribution in [2.24, 2.45) is 0 Å². The quantitative estimate of drug-likeness (QED) is 0.594. The average Bonchev–Trinajstić information content (AvgIpc) is 2.68. The molecule has 27 heavy (non-hydrogen) atoms. The van der Waals surface area contributed by atoms with Gasteiger partial charge < -0.3 is 16.4 Å². The summed E-state index contributed by atoms with van der Waals surface area (Å²) in [5.41, 5.74) is 8.66. The molecule has 3 rings (SSSR count). The van der Waals surface area contributed by atoms with Crippen LogP contribution in [0.3, 0.4) is 0 Å². The maximum Gasteiger partial charge on any atom is 0.229 e. The Kier molecular flexibility index (Phi) is 5.80. The van der Waals surface area contributed by atoms with E-state index in [2.05, 4.69) is 31.7 Å². The second kappa shape index (κ2) is 8.63. The first-order valence-electron chi connectivity index (χ1n) is 8.70. The number of aromatic nitrogens is 3. The Balaban J connectivity index is 1.62. The number of nitrogen functional groups attached to an aromatic ring is 1. The lowest BCUT2D eigenvalue weighted by Gasteiger charge is -2.15. The number of nitrogens with one attached hydrogen (secondary N) is 2. The zero-order chi connectivity index (χ0) is 19.1. The molecule has 0 saturated carbocycles. The number of hydrogen-bond donors (Lipinski definition) is 3. The van der Waals surface area contributed by atoms with Crippen molar-refractivity contribution in [3.05, 3.63) is 71.3 Å². The summed E-state index contributed by atoms with van der Waals surface area (Å²) in [5, 5.41) is 15.4. The van der Waals surface area contributed by atoms with Crippen LogP contribution >= 0.6 is 0 Å². The van der Waals surface area contributed by atoms with Crippen molar-refractivity contribution in [1.82, 2.24) is 15.0 Å². The lowest BCUT2D eigenvalue weighted by atomic mass is 10.1. The van der Waals surface area contributed by atoms with Crippen molar-refractivity contribution in [3.8, 4) is 6.07 Å². The van der Waals surface area contributed by atoms with Crippen LogP contribution in [0.2, 0.25) is 0 Å². The number of rotatable bonds is 7. The van der Waals surface area contributed by atoms with Crippen molar-refractivity contribution in [2.45, 2.75) is 19.4 Å². The van der Waals surface area contributed by atoms with E-state index in [9.17, 15) is 0 Å². The SMILES string of the molecule is C[C@H](Nc1nc(N)nc(NCCc2cccc(C#N)c2)n1)c1ccccc1. The monoisotopic (exact) mass is 359 g/mol. The van der Waals surface area contributed by atoms with Crippen molar-refractivity contribution in [1.29, 1.82) is 5.26 Å². The molecule has 0 aliphatic rings. The Bertz CT molecular complexity index is 935. The summed E-state index contributed by atoms with van der Waals surface area (Å²) in [4.78, 5) is 12.7. The first-order chi connectivity index (χ1) is 13.1. The molecule has 0 fully saturated rings. The minimum absolute atomic E-state index is 0.0366. The van der Waals surface area contributed by atoms with E-state index in [1.54, 1.807) is 6.07 Å². The van der Waals surface area contributed by atoms with E-state index >= 15 is 0 Å². The number of hydrogen-bond acceptors (Lipinski definition) is 7. The van der Waals surface area contributed by atoms with Gasteiger partial charge in [-0.05, 0) is 36.6 Å². The summed E-state index contributed by atoms with van der Waals surface area (Å²) >= 11 is 0. The molecule has 1 atom stereocenters. The van der Waals surface area contributed by atoms with Crippen LogP contribution in [0.4, 0.5) is 17.8 Å². The molecule has 1 heterocycles. The third-order valence-corrected chi connectivity index (χ3v) is 4.05. The molecular weight excluding hydrogens is 338 g/mol. The second-order valence-corrected chi connectivity index (χ2v) is 6.11. The van der Waals surface area contributed by atoms with Crippen LogP contribution in [-0.4, -0.2) is 21.5 Å². The van der Waals surface area contributed by atoms with Crippen LogP contribution < -0.4 is 16.4 Å². The molecule has 0 saturated heterocycles. The third kappa shape index (κ3) is 5.16. The van der Waals surface area contributed by atoms with Gasteiger partial charge in [0.1, 0.15) is 0 Å². The average molecular weight is 359 g/mol. The van der Waals surface area contributed by atoms with Gasteiger partial charge in [0.2, 0.25) is 17.8 Å². The fourth-order valence-electron chi connectivity index (χ4n) is 2.67. The fraction of sp³-hybridized carbons (Fsp3) is 0.200. The number of nitrogens with two attached hydrogens (primary N) is 1. The third-order valence-electron chi connectivity index (χ3n) is 4.05. The molecule has 0 radical (unpaired) electrons. The molecule has 136 valence electrons. The molecule has 0 bridgehead atoms. The van der Waals surface area contributed by atoms with Gasteiger partial charge in [0, 0.05) is 6.54 Å². The maximum absolute atomic E-state index is 8.97. The molecule has 0 spiro atoms. The number of benzene rings is 2. The molecule has 3 aromatic rings. The molecule has 7 heteroatoms. The Hall–Kier alpha value is -3.66. The summed E-state index contributed by atoms with van der Waals surface area (Å²) in [6.07, 6.45) is 0.740. The van der Waals surface area contributed by atoms with Crippen LogP contribution in [0.15, 0.2) is 54.6 Å². The second-order valence-electron chi connectivity index (χ2n) is 6.11. The van der Waals surface area contributed by atoms with Gasteiger partial charge in [-0.2, -0.15) is 20.2 Å². The zero-order valence-corrected chi connectivity index (χ0v) is 15.1. The van der Waals surface area contributed by atoms with E-state index in [0.717, 1.165) is 17.5 Å². The molecule has 1 aromatic heterocycles. The summed E-state index contributed by atoms with van der Waals surface area (Å²) < 4.78 is 0. The fourth-order valence-corrected chi connectivity index (χ4v) is 2.67. The normalized spacial score (nSPS) is 11.4. The molecule has 0 unspecified atom stereocenters. The van der Waals surface area contributed by atoms with E-state index in [1.165, 1.54) is 0 Å². The molecule has 4 N–H and O–H groups in total. The molecule has 0 aliphatic heterocycles. The van der Waals surface area contributed by atoms with E-state index in [4.69, 9.17) is 11.0 Å². The van der Waals surface area contributed by atoms with E-state index in [0.29, 0.717) is 24.0 Å². The minimum Gasteiger partial charge on any atom is -0.368 e. The first-order valence-corrected chi connectivity index (χ1v) is 8.70. The summed E-state index contributed by atoms with van der Waals surface area (Å²) in [7, 11) is 0. The maximum atomic E-state index is 8.97. The Labute approximate surface area is 158 Å². The van der Waals surface area contributed by atoms with Gasteiger partial charge in [0.15, 0.2) is 0 Å². The van der Waals surface area contributed by atoms with E-state index < -0.39 is 0 Å². The Morgan fingerprint density at radius 3 is 2.59 bits per heavy atom. The van der Waals surface area contributed by atoms with E-state index in [-0.39, 0.29) is 12.0 Å². The highest BCUT2D eigenvalue weighted by molar-refractivity contribution is 5.42. The van der Waals surface area contributed by atoms with Crippen molar-refractivity contribution in [2.75, 3.05) is 22.9 Å². The van der Waals surface area contributed by atoms with Gasteiger partial charge in [-0.1, -0.05) is 42.5 Å². The number of anilines is 3. The van der Waals surface area contributed by atoms with Gasteiger partial charge in [-0.3, -0.25) is 0 Å². The summed E-state index contributed by atoms with van der Waals surface area (Å²) in [6.45, 7) is 2.65.